The van der Waals surface area contributed by atoms with E-state index in [1.54, 1.807) is 25.1 Å². The molecular weight excluding hydrogens is 474 g/mol. The highest BCUT2D eigenvalue weighted by atomic mass is 35.5. The lowest BCUT2D eigenvalue weighted by Gasteiger charge is -2.18. The van der Waals surface area contributed by atoms with Crippen LogP contribution in [0.25, 0.3) is 16.9 Å². The molecule has 4 rings (SSSR count). The molecule has 36 heavy (non-hydrogen) atoms. The number of nitrogens with one attached hydrogen (secondary N) is 1. The van der Waals surface area contributed by atoms with Crippen molar-refractivity contribution in [1.82, 2.24) is 14.7 Å². The van der Waals surface area contributed by atoms with Crippen molar-refractivity contribution in [3.05, 3.63) is 88.7 Å². The van der Waals surface area contributed by atoms with Gasteiger partial charge in [-0.1, -0.05) is 48.9 Å². The summed E-state index contributed by atoms with van der Waals surface area (Å²) in [5.74, 6) is 0.415. The Hall–Kier alpha value is -3.35. The summed E-state index contributed by atoms with van der Waals surface area (Å²) in [6.45, 7) is 7.66. The third-order valence-electron chi connectivity index (χ3n) is 6.08. The van der Waals surface area contributed by atoms with Crippen LogP contribution in [0.2, 0.25) is 5.02 Å². The Labute approximate surface area is 216 Å². The smallest absolute Gasteiger partial charge is 0.251 e. The number of pyridine rings is 1. The number of hydrogen-bond acceptors (Lipinski definition) is 4. The standard InChI is InChI=1S/C29H32ClN3O3/c1-5-23(31-29(35)22-12-13-27(25(30)16-22)36-18(2)3)15-20-8-10-21(11-9-20)26-17-33-14-6-7-24(19(4)34)28(33)32-26/h6-14,16-19,23,34H,5,15H2,1-4H3,(H,31,35)/t19?,23-/m1/s1. The molecule has 0 bridgehead atoms. The van der Waals surface area contributed by atoms with Crippen LogP contribution in [0.4, 0.5) is 0 Å². The summed E-state index contributed by atoms with van der Waals surface area (Å²) in [5, 5.41) is 13.6. The number of amides is 1. The van der Waals surface area contributed by atoms with Crippen molar-refractivity contribution in [2.75, 3.05) is 0 Å². The lowest BCUT2D eigenvalue weighted by atomic mass is 10.0. The van der Waals surface area contributed by atoms with E-state index in [4.69, 9.17) is 21.3 Å². The molecular formula is C29H32ClN3O3. The van der Waals surface area contributed by atoms with Crippen LogP contribution in [0.3, 0.4) is 0 Å². The number of nitrogens with zero attached hydrogens (tertiary/aromatic N) is 2. The highest BCUT2D eigenvalue weighted by Crippen LogP contribution is 2.27. The molecule has 188 valence electrons. The number of aromatic nitrogens is 2. The van der Waals surface area contributed by atoms with Crippen LogP contribution in [-0.4, -0.2) is 32.5 Å². The molecule has 7 heteroatoms. The highest BCUT2D eigenvalue weighted by molar-refractivity contribution is 6.32. The summed E-state index contributed by atoms with van der Waals surface area (Å²) in [6, 6.07) is 17.1. The van der Waals surface area contributed by atoms with Gasteiger partial charge in [0.1, 0.15) is 11.4 Å². The summed E-state index contributed by atoms with van der Waals surface area (Å²) >= 11 is 6.31. The zero-order valence-corrected chi connectivity index (χ0v) is 21.8. The van der Waals surface area contributed by atoms with E-state index in [2.05, 4.69) is 24.4 Å². The van der Waals surface area contributed by atoms with Crippen molar-refractivity contribution in [2.24, 2.45) is 0 Å². The van der Waals surface area contributed by atoms with E-state index in [0.717, 1.165) is 34.5 Å². The van der Waals surface area contributed by atoms with Crippen LogP contribution in [0, 0.1) is 0 Å². The quantitative estimate of drug-likeness (QED) is 0.282. The molecule has 0 saturated carbocycles. The van der Waals surface area contributed by atoms with Gasteiger partial charge in [-0.05, 0) is 63.4 Å². The first-order chi connectivity index (χ1) is 17.2. The number of hydrogen-bond donors (Lipinski definition) is 2. The third kappa shape index (κ3) is 5.89. The first kappa shape index (κ1) is 25.7. The molecule has 1 amide bonds. The van der Waals surface area contributed by atoms with Gasteiger partial charge in [0, 0.05) is 35.1 Å². The number of imidazole rings is 1. The Kier molecular flexibility index (Phi) is 7.97. The molecule has 0 spiro atoms. The molecule has 2 N–H and O–H groups in total. The number of rotatable bonds is 9. The van der Waals surface area contributed by atoms with Gasteiger partial charge in [-0.2, -0.15) is 0 Å². The molecule has 0 aliphatic heterocycles. The maximum atomic E-state index is 12.9. The zero-order valence-electron chi connectivity index (χ0n) is 21.0. The second kappa shape index (κ2) is 11.1. The molecule has 1 unspecified atom stereocenters. The Bertz CT molecular complexity index is 1350. The number of halogens is 1. The SMILES string of the molecule is CC[C@H](Cc1ccc(-c2cn3cccc(C(C)O)c3n2)cc1)NC(=O)c1ccc(OC(C)C)c(Cl)c1. The summed E-state index contributed by atoms with van der Waals surface area (Å²) in [7, 11) is 0. The van der Waals surface area contributed by atoms with E-state index in [0.29, 0.717) is 22.8 Å². The van der Waals surface area contributed by atoms with Gasteiger partial charge in [-0.3, -0.25) is 4.79 Å². The molecule has 0 saturated heterocycles. The average Bonchev–Trinajstić information content (AvgIpc) is 3.29. The van der Waals surface area contributed by atoms with Crippen LogP contribution < -0.4 is 10.1 Å². The zero-order chi connectivity index (χ0) is 25.8. The van der Waals surface area contributed by atoms with Gasteiger partial charge >= 0.3 is 0 Å². The molecule has 0 radical (unpaired) electrons. The Morgan fingerprint density at radius 3 is 2.53 bits per heavy atom. The summed E-state index contributed by atoms with van der Waals surface area (Å²) < 4.78 is 7.59. The van der Waals surface area contributed by atoms with E-state index in [9.17, 15) is 9.90 Å². The van der Waals surface area contributed by atoms with Crippen LogP contribution in [-0.2, 0) is 6.42 Å². The summed E-state index contributed by atoms with van der Waals surface area (Å²) in [5.41, 5.74) is 5.02. The molecule has 0 aliphatic carbocycles. The number of ether oxygens (including phenoxy) is 1. The van der Waals surface area contributed by atoms with Crippen molar-refractivity contribution in [3.63, 3.8) is 0 Å². The van der Waals surface area contributed by atoms with Crippen molar-refractivity contribution >= 4 is 23.2 Å². The topological polar surface area (TPSA) is 75.9 Å². The Balaban J connectivity index is 1.44. The number of fused-ring (bicyclic) bond motifs is 1. The Morgan fingerprint density at radius 1 is 1.14 bits per heavy atom. The number of benzene rings is 2. The largest absolute Gasteiger partial charge is 0.489 e. The van der Waals surface area contributed by atoms with E-state index in [1.807, 2.05) is 54.9 Å². The van der Waals surface area contributed by atoms with E-state index >= 15 is 0 Å². The molecule has 2 atom stereocenters. The molecule has 2 aromatic heterocycles. The minimum Gasteiger partial charge on any atom is -0.489 e. The van der Waals surface area contributed by atoms with Gasteiger partial charge in [0.05, 0.1) is 22.9 Å². The fourth-order valence-electron chi connectivity index (χ4n) is 4.15. The van der Waals surface area contributed by atoms with Crippen molar-refractivity contribution in [3.8, 4) is 17.0 Å². The van der Waals surface area contributed by atoms with Crippen LogP contribution in [0.5, 0.6) is 5.75 Å². The first-order valence-electron chi connectivity index (χ1n) is 12.3. The van der Waals surface area contributed by atoms with E-state index in [1.165, 1.54) is 0 Å². The fraction of sp³-hybridized carbons (Fsp3) is 0.310. The number of carbonyl (C=O) groups excluding carboxylic acids is 1. The summed E-state index contributed by atoms with van der Waals surface area (Å²) in [4.78, 5) is 17.6. The minimum absolute atomic E-state index is 0.00690. The van der Waals surface area contributed by atoms with Crippen molar-refractivity contribution in [2.45, 2.75) is 58.8 Å². The van der Waals surface area contributed by atoms with Crippen molar-refractivity contribution in [1.29, 1.82) is 0 Å². The van der Waals surface area contributed by atoms with Crippen LogP contribution in [0.1, 0.15) is 61.7 Å². The van der Waals surface area contributed by atoms with Crippen LogP contribution >= 0.6 is 11.6 Å². The monoisotopic (exact) mass is 505 g/mol. The maximum absolute atomic E-state index is 12.9. The number of aliphatic hydroxyl groups is 1. The highest BCUT2D eigenvalue weighted by Gasteiger charge is 2.16. The number of carbonyl (C=O) groups is 1. The predicted octanol–water partition coefficient (Wildman–Crippen LogP) is 6.25. The average molecular weight is 506 g/mol. The summed E-state index contributed by atoms with van der Waals surface area (Å²) in [6.07, 6.45) is 4.82. The molecule has 0 fully saturated rings. The van der Waals surface area contributed by atoms with E-state index in [-0.39, 0.29) is 18.1 Å². The normalized spacial score (nSPS) is 13.1. The first-order valence-corrected chi connectivity index (χ1v) is 12.6. The van der Waals surface area contributed by atoms with Gasteiger partial charge in [0.25, 0.3) is 5.91 Å². The Morgan fingerprint density at radius 2 is 1.89 bits per heavy atom. The van der Waals surface area contributed by atoms with Crippen molar-refractivity contribution < 1.29 is 14.6 Å². The van der Waals surface area contributed by atoms with Gasteiger partial charge in [-0.15, -0.1) is 0 Å². The second-order valence-electron chi connectivity index (χ2n) is 9.29. The molecule has 4 aromatic rings. The van der Waals surface area contributed by atoms with Gasteiger partial charge in [-0.25, -0.2) is 4.98 Å². The molecule has 6 nitrogen and oxygen atoms in total. The van der Waals surface area contributed by atoms with Gasteiger partial charge in [0.15, 0.2) is 0 Å². The maximum Gasteiger partial charge on any atom is 0.251 e. The number of aliphatic hydroxyl groups excluding tert-OH is 1. The fourth-order valence-corrected chi connectivity index (χ4v) is 4.38. The lowest BCUT2D eigenvalue weighted by Crippen LogP contribution is -2.36. The molecule has 0 aliphatic rings. The van der Waals surface area contributed by atoms with E-state index < -0.39 is 6.10 Å². The predicted molar refractivity (Wildman–Crippen MR) is 144 cm³/mol. The lowest BCUT2D eigenvalue weighted by molar-refractivity contribution is 0.0935. The second-order valence-corrected chi connectivity index (χ2v) is 9.70. The van der Waals surface area contributed by atoms with Crippen LogP contribution in [0.15, 0.2) is 67.0 Å². The molecule has 2 aromatic carbocycles. The van der Waals surface area contributed by atoms with Gasteiger partial charge < -0.3 is 19.6 Å². The van der Waals surface area contributed by atoms with Gasteiger partial charge in [0.2, 0.25) is 0 Å². The molecule has 2 heterocycles. The third-order valence-corrected chi connectivity index (χ3v) is 6.37. The minimum atomic E-state index is -0.588.